The molecule has 1 amide bonds. The smallest absolute Gasteiger partial charge is 0.262 e. The van der Waals surface area contributed by atoms with Gasteiger partial charge in [-0.3, -0.25) is 9.69 Å². The van der Waals surface area contributed by atoms with Gasteiger partial charge in [-0.2, -0.15) is 5.26 Å². The molecule has 31 heavy (non-hydrogen) atoms. The van der Waals surface area contributed by atoms with Crippen molar-refractivity contribution < 1.29 is 9.53 Å². The van der Waals surface area contributed by atoms with E-state index in [4.69, 9.17) is 4.74 Å². The van der Waals surface area contributed by atoms with Crippen molar-refractivity contribution in [3.63, 3.8) is 0 Å². The van der Waals surface area contributed by atoms with Crippen molar-refractivity contribution in [3.8, 4) is 11.8 Å². The SMILES string of the molecule is Cc1ccc(OCC(=O)Nc2sc3c(c2C#N)CCN(Cc2ccccc2)C3)cc1.Cl. The second-order valence-electron chi connectivity index (χ2n) is 7.42. The van der Waals surface area contributed by atoms with Gasteiger partial charge >= 0.3 is 0 Å². The van der Waals surface area contributed by atoms with Gasteiger partial charge < -0.3 is 10.1 Å². The lowest BCUT2D eigenvalue weighted by molar-refractivity contribution is -0.118. The van der Waals surface area contributed by atoms with Crippen molar-refractivity contribution in [1.29, 1.82) is 5.26 Å². The van der Waals surface area contributed by atoms with Crippen LogP contribution in [0.15, 0.2) is 54.6 Å². The summed E-state index contributed by atoms with van der Waals surface area (Å²) >= 11 is 1.50. The van der Waals surface area contributed by atoms with E-state index >= 15 is 0 Å². The molecule has 3 aromatic rings. The monoisotopic (exact) mass is 453 g/mol. The Morgan fingerprint density at radius 3 is 2.65 bits per heavy atom. The lowest BCUT2D eigenvalue weighted by Gasteiger charge is -2.26. The number of rotatable bonds is 6. The summed E-state index contributed by atoms with van der Waals surface area (Å²) in [5.74, 6) is 0.394. The van der Waals surface area contributed by atoms with E-state index in [9.17, 15) is 10.1 Å². The van der Waals surface area contributed by atoms with Gasteiger partial charge in [0.25, 0.3) is 5.91 Å². The molecule has 5 nitrogen and oxygen atoms in total. The maximum Gasteiger partial charge on any atom is 0.262 e. The molecule has 160 valence electrons. The van der Waals surface area contributed by atoms with Gasteiger partial charge in [-0.05, 0) is 36.6 Å². The van der Waals surface area contributed by atoms with E-state index < -0.39 is 0 Å². The fourth-order valence-electron chi connectivity index (χ4n) is 3.59. The zero-order chi connectivity index (χ0) is 20.9. The van der Waals surface area contributed by atoms with Crippen molar-refractivity contribution in [2.24, 2.45) is 0 Å². The van der Waals surface area contributed by atoms with Crippen LogP contribution < -0.4 is 10.1 Å². The number of amides is 1. The molecule has 0 aliphatic carbocycles. The summed E-state index contributed by atoms with van der Waals surface area (Å²) in [6.07, 6.45) is 0.817. The number of ether oxygens (including phenoxy) is 1. The highest BCUT2D eigenvalue weighted by atomic mass is 35.5. The Balaban J connectivity index is 0.00000272. The van der Waals surface area contributed by atoms with E-state index in [2.05, 4.69) is 40.6 Å². The number of carbonyl (C=O) groups excluding carboxylic acids is 1. The summed E-state index contributed by atoms with van der Waals surface area (Å²) in [6.45, 7) is 4.48. The molecule has 1 aliphatic heterocycles. The summed E-state index contributed by atoms with van der Waals surface area (Å²) in [5, 5.41) is 13.2. The van der Waals surface area contributed by atoms with Crippen molar-refractivity contribution in [3.05, 3.63) is 81.7 Å². The summed E-state index contributed by atoms with van der Waals surface area (Å²) in [5.41, 5.74) is 4.08. The highest BCUT2D eigenvalue weighted by Crippen LogP contribution is 2.37. The Labute approximate surface area is 192 Å². The number of halogens is 1. The van der Waals surface area contributed by atoms with Crippen LogP contribution in [0.3, 0.4) is 0 Å². The summed E-state index contributed by atoms with van der Waals surface area (Å²) in [7, 11) is 0. The molecule has 7 heteroatoms. The van der Waals surface area contributed by atoms with Crippen LogP contribution in [0.1, 0.15) is 27.1 Å². The Hall–Kier alpha value is -2.85. The fraction of sp³-hybridized carbons (Fsp3) is 0.250. The molecule has 4 rings (SSSR count). The topological polar surface area (TPSA) is 65.4 Å². The van der Waals surface area contributed by atoms with Gasteiger partial charge in [0, 0.05) is 24.5 Å². The Bertz CT molecular complexity index is 1070. The molecule has 0 atom stereocenters. The van der Waals surface area contributed by atoms with Gasteiger partial charge in [-0.15, -0.1) is 23.7 Å². The third-order valence-electron chi connectivity index (χ3n) is 5.14. The van der Waals surface area contributed by atoms with Crippen LogP contribution in [0.2, 0.25) is 0 Å². The van der Waals surface area contributed by atoms with E-state index in [-0.39, 0.29) is 24.9 Å². The number of carbonyl (C=O) groups is 1. The van der Waals surface area contributed by atoms with E-state index in [0.29, 0.717) is 16.3 Å². The standard InChI is InChI=1S/C24H23N3O2S.ClH/c1-17-7-9-19(10-8-17)29-16-23(28)26-24-21(13-25)20-11-12-27(15-22(20)30-24)14-18-5-3-2-4-6-18;/h2-10H,11-12,14-16H2,1H3,(H,26,28);1H. The number of thiophene rings is 1. The second kappa shape index (κ2) is 10.5. The van der Waals surface area contributed by atoms with Crippen LogP contribution >= 0.6 is 23.7 Å². The molecule has 0 unspecified atom stereocenters. The van der Waals surface area contributed by atoms with Crippen LogP contribution in [0.5, 0.6) is 5.75 Å². The average Bonchev–Trinajstić information content (AvgIpc) is 3.10. The van der Waals surface area contributed by atoms with Crippen LogP contribution in [0.25, 0.3) is 0 Å². The molecule has 1 aromatic heterocycles. The molecular weight excluding hydrogens is 430 g/mol. The first-order chi connectivity index (χ1) is 14.6. The van der Waals surface area contributed by atoms with E-state index in [1.54, 1.807) is 0 Å². The predicted molar refractivity (Wildman–Crippen MR) is 126 cm³/mol. The van der Waals surface area contributed by atoms with E-state index in [0.717, 1.165) is 42.1 Å². The predicted octanol–water partition coefficient (Wildman–Crippen LogP) is 4.93. The molecule has 0 radical (unpaired) electrons. The van der Waals surface area contributed by atoms with Crippen molar-refractivity contribution in [1.82, 2.24) is 4.90 Å². The van der Waals surface area contributed by atoms with Gasteiger partial charge in [0.2, 0.25) is 0 Å². The fourth-order valence-corrected chi connectivity index (χ4v) is 4.84. The number of aryl methyl sites for hydroxylation is 1. The molecular formula is C24H24ClN3O2S. The molecule has 2 aromatic carbocycles. The number of nitriles is 1. The maximum absolute atomic E-state index is 12.4. The molecule has 1 aliphatic rings. The minimum Gasteiger partial charge on any atom is -0.484 e. The third kappa shape index (κ3) is 5.65. The Morgan fingerprint density at radius 1 is 1.19 bits per heavy atom. The minimum absolute atomic E-state index is 0. The zero-order valence-electron chi connectivity index (χ0n) is 17.3. The first-order valence-electron chi connectivity index (χ1n) is 9.92. The zero-order valence-corrected chi connectivity index (χ0v) is 18.9. The van der Waals surface area contributed by atoms with Gasteiger partial charge in [-0.1, -0.05) is 48.0 Å². The number of hydrogen-bond donors (Lipinski definition) is 1. The van der Waals surface area contributed by atoms with Crippen molar-refractivity contribution in [2.75, 3.05) is 18.5 Å². The number of anilines is 1. The second-order valence-corrected chi connectivity index (χ2v) is 8.52. The molecule has 0 spiro atoms. The highest BCUT2D eigenvalue weighted by Gasteiger charge is 2.25. The van der Waals surface area contributed by atoms with Gasteiger partial charge in [-0.25, -0.2) is 0 Å². The first-order valence-corrected chi connectivity index (χ1v) is 10.7. The summed E-state index contributed by atoms with van der Waals surface area (Å²) < 4.78 is 5.56. The van der Waals surface area contributed by atoms with E-state index in [1.165, 1.54) is 16.9 Å². The van der Waals surface area contributed by atoms with Crippen LogP contribution in [-0.4, -0.2) is 24.0 Å². The van der Waals surface area contributed by atoms with Gasteiger partial charge in [0.05, 0.1) is 5.56 Å². The maximum atomic E-state index is 12.4. The molecule has 0 saturated carbocycles. The van der Waals surface area contributed by atoms with Gasteiger partial charge in [0.15, 0.2) is 6.61 Å². The molecule has 2 heterocycles. The summed E-state index contributed by atoms with van der Waals surface area (Å²) in [4.78, 5) is 15.9. The quantitative estimate of drug-likeness (QED) is 0.575. The Morgan fingerprint density at radius 2 is 1.94 bits per heavy atom. The number of hydrogen-bond acceptors (Lipinski definition) is 5. The molecule has 0 bridgehead atoms. The first kappa shape index (κ1) is 22.8. The van der Waals surface area contributed by atoms with E-state index in [1.807, 2.05) is 37.3 Å². The largest absolute Gasteiger partial charge is 0.484 e. The number of nitrogens with zero attached hydrogens (tertiary/aromatic N) is 2. The lowest BCUT2D eigenvalue weighted by atomic mass is 10.0. The van der Waals surface area contributed by atoms with Crippen molar-refractivity contribution >= 4 is 34.7 Å². The van der Waals surface area contributed by atoms with Gasteiger partial charge in [0.1, 0.15) is 16.8 Å². The molecule has 0 fully saturated rings. The normalized spacial score (nSPS) is 12.9. The molecule has 1 N–H and O–H groups in total. The number of nitrogens with one attached hydrogen (secondary N) is 1. The summed E-state index contributed by atoms with van der Waals surface area (Å²) in [6, 6.07) is 20.2. The van der Waals surface area contributed by atoms with Crippen LogP contribution in [-0.2, 0) is 24.3 Å². The number of benzene rings is 2. The Kier molecular flexibility index (Phi) is 7.69. The highest BCUT2D eigenvalue weighted by molar-refractivity contribution is 7.16. The van der Waals surface area contributed by atoms with Crippen LogP contribution in [0.4, 0.5) is 5.00 Å². The lowest BCUT2D eigenvalue weighted by Crippen LogP contribution is -2.29. The van der Waals surface area contributed by atoms with Crippen molar-refractivity contribution in [2.45, 2.75) is 26.4 Å². The number of fused-ring (bicyclic) bond motifs is 1. The third-order valence-corrected chi connectivity index (χ3v) is 6.27. The van der Waals surface area contributed by atoms with Crippen LogP contribution in [0, 0.1) is 18.3 Å². The average molecular weight is 454 g/mol. The molecule has 0 saturated heterocycles. The minimum atomic E-state index is -0.258.